The fourth-order valence-corrected chi connectivity index (χ4v) is 3.11. The highest BCUT2D eigenvalue weighted by Crippen LogP contribution is 2.27. The van der Waals surface area contributed by atoms with E-state index in [1.54, 1.807) is 6.07 Å². The van der Waals surface area contributed by atoms with Crippen LogP contribution in [0.1, 0.15) is 78.4 Å². The molecule has 0 aliphatic heterocycles. The minimum atomic E-state index is -0.856. The van der Waals surface area contributed by atoms with Gasteiger partial charge in [0.2, 0.25) is 0 Å². The second kappa shape index (κ2) is 14.7. The monoisotopic (exact) mass is 404 g/mol. The van der Waals surface area contributed by atoms with E-state index in [2.05, 4.69) is 13.8 Å². The molecule has 3 heteroatoms. The molecule has 0 fully saturated rings. The molecule has 2 rings (SSSR count). The van der Waals surface area contributed by atoms with Gasteiger partial charge in [0.1, 0.15) is 17.5 Å². The van der Waals surface area contributed by atoms with E-state index in [0.29, 0.717) is 5.92 Å². The predicted molar refractivity (Wildman–Crippen MR) is 119 cm³/mol. The molecule has 0 saturated heterocycles. The second-order valence-electron chi connectivity index (χ2n) is 6.56. The number of hydrogen-bond donors (Lipinski definition) is 0. The SMILES string of the molecule is C#Cc1c(F)cc(-c2ccc(CCCC(C)CCC)cc2F)cc1F.CC.CC. The van der Waals surface area contributed by atoms with Gasteiger partial charge in [-0.3, -0.25) is 0 Å². The lowest BCUT2D eigenvalue weighted by molar-refractivity contribution is 0.469. The van der Waals surface area contributed by atoms with Gasteiger partial charge in [0.25, 0.3) is 0 Å². The first kappa shape index (κ1) is 26.8. The van der Waals surface area contributed by atoms with E-state index in [1.165, 1.54) is 18.9 Å². The van der Waals surface area contributed by atoms with Gasteiger partial charge in [0, 0.05) is 5.56 Å². The summed E-state index contributed by atoms with van der Waals surface area (Å²) in [6.07, 6.45) is 10.4. The molecular weight excluding hydrogens is 369 g/mol. The van der Waals surface area contributed by atoms with Crippen LogP contribution in [0.15, 0.2) is 30.3 Å². The lowest BCUT2D eigenvalue weighted by atomic mass is 9.96. The quantitative estimate of drug-likeness (QED) is 0.405. The Morgan fingerprint density at radius 3 is 1.97 bits per heavy atom. The van der Waals surface area contributed by atoms with Crippen molar-refractivity contribution >= 4 is 0 Å². The highest BCUT2D eigenvalue weighted by molar-refractivity contribution is 5.66. The molecule has 0 aliphatic rings. The number of halogens is 3. The van der Waals surface area contributed by atoms with Crippen LogP contribution in [-0.2, 0) is 6.42 Å². The smallest absolute Gasteiger partial charge is 0.142 e. The fraction of sp³-hybridized carbons (Fsp3) is 0.462. The van der Waals surface area contributed by atoms with Gasteiger partial charge in [0.15, 0.2) is 0 Å². The molecule has 0 aromatic heterocycles. The van der Waals surface area contributed by atoms with Gasteiger partial charge < -0.3 is 0 Å². The lowest BCUT2D eigenvalue weighted by Gasteiger charge is -2.11. The van der Waals surface area contributed by atoms with Crippen molar-refractivity contribution in [3.63, 3.8) is 0 Å². The summed E-state index contributed by atoms with van der Waals surface area (Å²) in [4.78, 5) is 0. The van der Waals surface area contributed by atoms with Crippen molar-refractivity contribution in [1.82, 2.24) is 0 Å². The highest BCUT2D eigenvalue weighted by atomic mass is 19.1. The first-order valence-electron chi connectivity index (χ1n) is 10.7. The summed E-state index contributed by atoms with van der Waals surface area (Å²) < 4.78 is 42.0. The molecule has 0 spiro atoms. The maximum Gasteiger partial charge on any atom is 0.142 e. The molecule has 1 unspecified atom stereocenters. The first-order valence-corrected chi connectivity index (χ1v) is 10.7. The summed E-state index contributed by atoms with van der Waals surface area (Å²) in [5.74, 6) is 0.447. The summed E-state index contributed by atoms with van der Waals surface area (Å²) >= 11 is 0. The summed E-state index contributed by atoms with van der Waals surface area (Å²) in [6, 6.07) is 6.98. The van der Waals surface area contributed by atoms with E-state index >= 15 is 0 Å². The van der Waals surface area contributed by atoms with Crippen molar-refractivity contribution in [2.45, 2.75) is 73.6 Å². The van der Waals surface area contributed by atoms with Crippen LogP contribution in [-0.4, -0.2) is 0 Å². The molecule has 2 aromatic rings. The van der Waals surface area contributed by atoms with E-state index < -0.39 is 23.0 Å². The molecule has 0 radical (unpaired) electrons. The summed E-state index contributed by atoms with van der Waals surface area (Å²) in [6.45, 7) is 12.4. The Labute approximate surface area is 175 Å². The van der Waals surface area contributed by atoms with Crippen molar-refractivity contribution < 1.29 is 13.2 Å². The van der Waals surface area contributed by atoms with Crippen molar-refractivity contribution in [2.24, 2.45) is 5.92 Å². The van der Waals surface area contributed by atoms with Crippen LogP contribution in [0.2, 0.25) is 0 Å². The Bertz CT molecular complexity index is 749. The van der Waals surface area contributed by atoms with Gasteiger partial charge in [-0.2, -0.15) is 0 Å². The average molecular weight is 405 g/mol. The van der Waals surface area contributed by atoms with E-state index in [-0.39, 0.29) is 11.1 Å². The molecular formula is C26H35F3. The third kappa shape index (κ3) is 8.36. The van der Waals surface area contributed by atoms with Crippen LogP contribution in [0, 0.1) is 35.7 Å². The molecule has 0 aliphatic carbocycles. The Kier molecular flexibility index (Phi) is 13.6. The van der Waals surface area contributed by atoms with Gasteiger partial charge >= 0.3 is 0 Å². The van der Waals surface area contributed by atoms with Crippen LogP contribution in [0.4, 0.5) is 13.2 Å². The number of terminal acetylenes is 1. The Hall–Kier alpha value is -2.21. The number of benzene rings is 2. The Morgan fingerprint density at radius 2 is 1.48 bits per heavy atom. The fourth-order valence-electron chi connectivity index (χ4n) is 3.11. The standard InChI is InChI=1S/C22H23F3.2C2H6/c1-4-7-15(3)8-6-9-16-10-11-19(20(23)12-16)17-13-21(24)18(5-2)22(25)14-17;2*1-2/h2,10-15H,4,6-9H2,1,3H3;2*1-2H3. The van der Waals surface area contributed by atoms with Gasteiger partial charge in [-0.15, -0.1) is 6.42 Å². The van der Waals surface area contributed by atoms with Gasteiger partial charge in [-0.25, -0.2) is 13.2 Å². The van der Waals surface area contributed by atoms with Crippen molar-refractivity contribution in [3.8, 4) is 23.5 Å². The van der Waals surface area contributed by atoms with Crippen LogP contribution < -0.4 is 0 Å². The average Bonchev–Trinajstić information content (AvgIpc) is 2.71. The van der Waals surface area contributed by atoms with E-state index in [1.807, 2.05) is 39.7 Å². The Balaban J connectivity index is 0.00000184. The maximum absolute atomic E-state index is 14.4. The van der Waals surface area contributed by atoms with Gasteiger partial charge in [-0.1, -0.05) is 78.9 Å². The number of aryl methyl sites for hydroxylation is 1. The molecule has 160 valence electrons. The maximum atomic E-state index is 14.4. The molecule has 0 bridgehead atoms. The Morgan fingerprint density at radius 1 is 0.897 bits per heavy atom. The molecule has 2 aromatic carbocycles. The summed E-state index contributed by atoms with van der Waals surface area (Å²) in [7, 11) is 0. The van der Waals surface area contributed by atoms with E-state index in [4.69, 9.17) is 6.42 Å². The summed E-state index contributed by atoms with van der Waals surface area (Å²) in [5, 5.41) is 0. The zero-order valence-electron chi connectivity index (χ0n) is 18.7. The van der Waals surface area contributed by atoms with E-state index in [0.717, 1.165) is 37.0 Å². The normalized spacial score (nSPS) is 10.8. The zero-order valence-corrected chi connectivity index (χ0v) is 18.7. The van der Waals surface area contributed by atoms with Crippen molar-refractivity contribution in [2.75, 3.05) is 0 Å². The topological polar surface area (TPSA) is 0 Å². The summed E-state index contributed by atoms with van der Waals surface area (Å²) in [5.41, 5.74) is 0.784. The number of rotatable bonds is 7. The third-order valence-electron chi connectivity index (χ3n) is 4.47. The van der Waals surface area contributed by atoms with E-state index in [9.17, 15) is 13.2 Å². The molecule has 1 atom stereocenters. The van der Waals surface area contributed by atoms with Gasteiger partial charge in [-0.05, 0) is 48.1 Å². The van der Waals surface area contributed by atoms with Crippen LogP contribution in [0.25, 0.3) is 11.1 Å². The van der Waals surface area contributed by atoms with Crippen molar-refractivity contribution in [3.05, 3.63) is 58.9 Å². The van der Waals surface area contributed by atoms with Gasteiger partial charge in [0.05, 0.1) is 5.56 Å². The minimum absolute atomic E-state index is 0.148. The third-order valence-corrected chi connectivity index (χ3v) is 4.47. The second-order valence-corrected chi connectivity index (χ2v) is 6.56. The van der Waals surface area contributed by atoms with Crippen LogP contribution >= 0.6 is 0 Å². The first-order chi connectivity index (χ1) is 14.0. The highest BCUT2D eigenvalue weighted by Gasteiger charge is 2.13. The molecule has 0 saturated carbocycles. The minimum Gasteiger partial charge on any atom is -0.206 e. The van der Waals surface area contributed by atoms with Crippen LogP contribution in [0.5, 0.6) is 0 Å². The van der Waals surface area contributed by atoms with Crippen LogP contribution in [0.3, 0.4) is 0 Å². The molecule has 29 heavy (non-hydrogen) atoms. The predicted octanol–water partition coefficient (Wildman–Crippen LogP) is 8.56. The molecule has 0 nitrogen and oxygen atoms in total. The molecule has 0 amide bonds. The van der Waals surface area contributed by atoms with Crippen molar-refractivity contribution in [1.29, 1.82) is 0 Å². The largest absolute Gasteiger partial charge is 0.206 e. The molecule has 0 heterocycles. The number of hydrogen-bond acceptors (Lipinski definition) is 0. The zero-order chi connectivity index (χ0) is 22.4. The lowest BCUT2D eigenvalue weighted by Crippen LogP contribution is -1.97. The molecule has 0 N–H and O–H groups in total.